The van der Waals surface area contributed by atoms with E-state index in [1.165, 1.54) is 6.08 Å². The summed E-state index contributed by atoms with van der Waals surface area (Å²) in [6, 6.07) is 5.42. The molecule has 2 atom stereocenters. The van der Waals surface area contributed by atoms with Crippen LogP contribution in [0.1, 0.15) is 18.0 Å². The van der Waals surface area contributed by atoms with Crippen molar-refractivity contribution in [3.63, 3.8) is 0 Å². The molecule has 0 saturated carbocycles. The van der Waals surface area contributed by atoms with Gasteiger partial charge in [-0.25, -0.2) is 0 Å². The monoisotopic (exact) mass is 244 g/mol. The topological polar surface area (TPSA) is 42.3 Å². The molecule has 2 bridgehead atoms. The molecule has 18 heavy (non-hydrogen) atoms. The van der Waals surface area contributed by atoms with Crippen LogP contribution >= 0.6 is 0 Å². The molecule has 0 aromatic carbocycles. The number of carbonyl (C=O) groups is 1. The van der Waals surface area contributed by atoms with Gasteiger partial charge in [0.15, 0.2) is 0 Å². The zero-order chi connectivity index (χ0) is 12.7. The predicted octanol–water partition coefficient (Wildman–Crippen LogP) is 0.980. The number of pyridine rings is 1. The lowest BCUT2D eigenvalue weighted by atomic mass is 9.83. The second-order valence-electron chi connectivity index (χ2n) is 5.15. The maximum absolute atomic E-state index is 11.8. The molecule has 0 radical (unpaired) electrons. The first-order valence-corrected chi connectivity index (χ1v) is 6.30. The molecule has 94 valence electrons. The van der Waals surface area contributed by atoms with Crippen LogP contribution in [0.2, 0.25) is 0 Å². The number of piperidine rings is 1. The quantitative estimate of drug-likeness (QED) is 0.691. The minimum atomic E-state index is -0.00331. The van der Waals surface area contributed by atoms with Crippen molar-refractivity contribution < 1.29 is 4.79 Å². The number of rotatable bonds is 1. The maximum atomic E-state index is 11.8. The van der Waals surface area contributed by atoms with Gasteiger partial charge in [0, 0.05) is 37.3 Å². The number of hydrogen-bond acceptors (Lipinski definition) is 2. The fraction of sp³-hybridized carbons (Fsp3) is 0.429. The Morgan fingerprint density at radius 2 is 2.17 bits per heavy atom. The largest absolute Gasteiger partial charge is 0.338 e. The summed E-state index contributed by atoms with van der Waals surface area (Å²) in [5.41, 5.74) is 1.14. The van der Waals surface area contributed by atoms with E-state index < -0.39 is 0 Å². The highest BCUT2D eigenvalue weighted by atomic mass is 16.2. The van der Waals surface area contributed by atoms with Gasteiger partial charge >= 0.3 is 0 Å². The molecule has 1 fully saturated rings. The first-order chi connectivity index (χ1) is 8.69. The molecule has 3 heterocycles. The summed E-state index contributed by atoms with van der Waals surface area (Å²) in [7, 11) is 0. The van der Waals surface area contributed by atoms with Crippen LogP contribution in [0.25, 0.3) is 0 Å². The molecule has 1 aromatic rings. The van der Waals surface area contributed by atoms with Gasteiger partial charge in [-0.1, -0.05) is 12.6 Å². The maximum Gasteiger partial charge on any atom is 0.250 e. The minimum Gasteiger partial charge on any atom is -0.338 e. The van der Waals surface area contributed by atoms with E-state index in [9.17, 15) is 9.59 Å². The van der Waals surface area contributed by atoms with E-state index in [0.29, 0.717) is 12.5 Å². The Labute approximate surface area is 106 Å². The van der Waals surface area contributed by atoms with Gasteiger partial charge in [-0.05, 0) is 24.5 Å². The zero-order valence-electron chi connectivity index (χ0n) is 10.2. The average molecular weight is 244 g/mol. The van der Waals surface area contributed by atoms with Gasteiger partial charge in [-0.2, -0.15) is 0 Å². The van der Waals surface area contributed by atoms with E-state index in [4.69, 9.17) is 0 Å². The third kappa shape index (κ3) is 1.68. The lowest BCUT2D eigenvalue weighted by Gasteiger charge is -2.42. The van der Waals surface area contributed by atoms with Crippen LogP contribution in [-0.2, 0) is 11.3 Å². The predicted molar refractivity (Wildman–Crippen MR) is 68.3 cm³/mol. The van der Waals surface area contributed by atoms with Crippen LogP contribution < -0.4 is 5.56 Å². The summed E-state index contributed by atoms with van der Waals surface area (Å²) in [4.78, 5) is 25.4. The fourth-order valence-corrected chi connectivity index (χ4v) is 3.21. The van der Waals surface area contributed by atoms with Crippen molar-refractivity contribution in [1.29, 1.82) is 0 Å². The lowest BCUT2D eigenvalue weighted by Crippen LogP contribution is -2.48. The van der Waals surface area contributed by atoms with Crippen molar-refractivity contribution in [2.24, 2.45) is 5.92 Å². The summed E-state index contributed by atoms with van der Waals surface area (Å²) in [5.74, 6) is 0.673. The number of amides is 1. The highest BCUT2D eigenvalue weighted by Crippen LogP contribution is 2.34. The molecule has 4 heteroatoms. The van der Waals surface area contributed by atoms with Crippen LogP contribution in [0.4, 0.5) is 0 Å². The number of nitrogens with zero attached hydrogens (tertiary/aromatic N) is 2. The molecular weight excluding hydrogens is 228 g/mol. The summed E-state index contributed by atoms with van der Waals surface area (Å²) in [6.07, 6.45) is 2.45. The van der Waals surface area contributed by atoms with Gasteiger partial charge in [-0.15, -0.1) is 0 Å². The summed E-state index contributed by atoms with van der Waals surface area (Å²) < 4.78 is 1.87. The average Bonchev–Trinajstić information content (AvgIpc) is 2.39. The zero-order valence-corrected chi connectivity index (χ0v) is 10.2. The van der Waals surface area contributed by atoms with Crippen molar-refractivity contribution in [2.45, 2.75) is 18.9 Å². The standard InChI is InChI=1S/C14H16N2O2/c1-2-13(17)15-7-10-6-11(9-15)12-4-3-5-14(18)16(12)8-10/h2-5,10-11H,1,6-9H2. The summed E-state index contributed by atoms with van der Waals surface area (Å²) in [5, 5.41) is 0. The van der Waals surface area contributed by atoms with Crippen LogP contribution in [0.5, 0.6) is 0 Å². The molecule has 2 unspecified atom stereocenters. The first-order valence-electron chi connectivity index (χ1n) is 6.30. The van der Waals surface area contributed by atoms with E-state index in [2.05, 4.69) is 6.58 Å². The van der Waals surface area contributed by atoms with Gasteiger partial charge in [0.05, 0.1) is 0 Å². The highest BCUT2D eigenvalue weighted by Gasteiger charge is 2.35. The van der Waals surface area contributed by atoms with E-state index in [-0.39, 0.29) is 17.4 Å². The van der Waals surface area contributed by atoms with E-state index in [1.807, 2.05) is 21.6 Å². The van der Waals surface area contributed by atoms with Crippen LogP contribution in [-0.4, -0.2) is 28.5 Å². The number of aromatic nitrogens is 1. The first kappa shape index (κ1) is 11.3. The number of fused-ring (bicyclic) bond motifs is 4. The molecular formula is C14H16N2O2. The Morgan fingerprint density at radius 1 is 1.33 bits per heavy atom. The second-order valence-corrected chi connectivity index (χ2v) is 5.15. The molecule has 1 aromatic heterocycles. The Balaban J connectivity index is 1.97. The molecule has 0 N–H and O–H groups in total. The SMILES string of the molecule is C=CC(=O)N1CC2CC(C1)c1cccc(=O)n1C2. The lowest BCUT2D eigenvalue weighted by molar-refractivity contribution is -0.128. The van der Waals surface area contributed by atoms with Crippen molar-refractivity contribution >= 4 is 5.91 Å². The summed E-state index contributed by atoms with van der Waals surface area (Å²) in [6.45, 7) is 5.71. The molecule has 1 saturated heterocycles. The van der Waals surface area contributed by atoms with Gasteiger partial charge in [0.25, 0.3) is 5.56 Å². The molecule has 2 aliphatic rings. The van der Waals surface area contributed by atoms with Crippen LogP contribution in [0, 0.1) is 5.92 Å². The van der Waals surface area contributed by atoms with Crippen LogP contribution in [0.15, 0.2) is 35.6 Å². The molecule has 0 aliphatic carbocycles. The van der Waals surface area contributed by atoms with Gasteiger partial charge in [-0.3, -0.25) is 9.59 Å². The molecule has 3 rings (SSSR count). The van der Waals surface area contributed by atoms with Crippen molar-refractivity contribution in [2.75, 3.05) is 13.1 Å². The molecule has 2 aliphatic heterocycles. The fourth-order valence-electron chi connectivity index (χ4n) is 3.21. The molecule has 1 amide bonds. The Kier molecular flexibility index (Phi) is 2.58. The van der Waals surface area contributed by atoms with E-state index in [0.717, 1.165) is 25.2 Å². The van der Waals surface area contributed by atoms with Gasteiger partial charge in [0.2, 0.25) is 5.91 Å². The summed E-state index contributed by atoms with van der Waals surface area (Å²) >= 11 is 0. The Bertz CT molecular complexity index is 561. The third-order valence-corrected chi connectivity index (χ3v) is 3.97. The second kappa shape index (κ2) is 4.12. The van der Waals surface area contributed by atoms with Crippen molar-refractivity contribution in [3.8, 4) is 0 Å². The highest BCUT2D eigenvalue weighted by molar-refractivity contribution is 5.87. The number of hydrogen-bond donors (Lipinski definition) is 0. The Hall–Kier alpha value is -1.84. The minimum absolute atomic E-state index is 0.00331. The number of likely N-dealkylation sites (tertiary alicyclic amines) is 1. The van der Waals surface area contributed by atoms with Gasteiger partial charge < -0.3 is 9.47 Å². The smallest absolute Gasteiger partial charge is 0.250 e. The van der Waals surface area contributed by atoms with Gasteiger partial charge in [0.1, 0.15) is 0 Å². The van der Waals surface area contributed by atoms with Crippen molar-refractivity contribution in [3.05, 3.63) is 46.9 Å². The molecule has 4 nitrogen and oxygen atoms in total. The van der Waals surface area contributed by atoms with Crippen LogP contribution in [0.3, 0.4) is 0 Å². The van der Waals surface area contributed by atoms with E-state index >= 15 is 0 Å². The normalized spacial score (nSPS) is 25.4. The van der Waals surface area contributed by atoms with E-state index in [1.54, 1.807) is 6.07 Å². The number of carbonyl (C=O) groups excluding carboxylic acids is 1. The van der Waals surface area contributed by atoms with Crippen molar-refractivity contribution in [1.82, 2.24) is 9.47 Å². The Morgan fingerprint density at radius 3 is 2.94 bits per heavy atom. The third-order valence-electron chi connectivity index (χ3n) is 3.97. The molecule has 0 spiro atoms.